The number of anilines is 6. The number of hydrogen-bond donors (Lipinski definition) is 0. The number of nitrogens with zero attached hydrogens (tertiary/aromatic N) is 2. The number of hydrogen-bond acceptors (Lipinski definition) is 2. The lowest BCUT2D eigenvalue weighted by Gasteiger charge is -2.28. The largest absolute Gasteiger partial charge is 0.310 e. The summed E-state index contributed by atoms with van der Waals surface area (Å²) in [4.78, 5) is 4.69. The quantitative estimate of drug-likeness (QED) is 0.151. The predicted octanol–water partition coefficient (Wildman–Crippen LogP) is 13.9. The zero-order valence-corrected chi connectivity index (χ0v) is 29.6. The van der Waals surface area contributed by atoms with Crippen LogP contribution >= 0.6 is 0 Å². The summed E-state index contributed by atoms with van der Waals surface area (Å²) in [5.41, 5.74) is 13.1. The van der Waals surface area contributed by atoms with Gasteiger partial charge in [0.25, 0.3) is 0 Å². The molecule has 0 aliphatic rings. The fourth-order valence-corrected chi connectivity index (χ4v) is 6.58. The SMILES string of the molecule is Cc1cccc(N(c2ccc(C=Cc3ccc(N(c4ccc(C(C)(C)C)cc4)c4cccc5ccccc45)cc3)cc2)c2cccc(C)c2)c1. The summed E-state index contributed by atoms with van der Waals surface area (Å²) >= 11 is 0. The van der Waals surface area contributed by atoms with Crippen LogP contribution in [0.25, 0.3) is 22.9 Å². The molecule has 0 saturated carbocycles. The Labute approximate surface area is 297 Å². The second-order valence-corrected chi connectivity index (χ2v) is 14.2. The standard InChI is InChI=1S/C48H44N2/c1-35-11-8-15-44(33-35)49(45-16-9-12-36(2)34-45)41-27-21-37(22-28-41)19-20-38-23-29-42(30-24-38)50(43-31-25-40(26-32-43)48(3,4)5)47-18-10-14-39-13-6-7-17-46(39)47/h6-34H,1-5H3. The Morgan fingerprint density at radius 2 is 0.880 bits per heavy atom. The van der Waals surface area contributed by atoms with Crippen LogP contribution in [0.1, 0.15) is 48.6 Å². The zero-order chi connectivity index (χ0) is 34.7. The summed E-state index contributed by atoms with van der Waals surface area (Å²) in [7, 11) is 0. The topological polar surface area (TPSA) is 6.48 Å². The Hall–Kier alpha value is -5.86. The van der Waals surface area contributed by atoms with Crippen LogP contribution in [0.4, 0.5) is 34.1 Å². The molecule has 7 aromatic carbocycles. The van der Waals surface area contributed by atoms with E-state index < -0.39 is 0 Å². The lowest BCUT2D eigenvalue weighted by atomic mass is 9.87. The third-order valence-corrected chi connectivity index (χ3v) is 9.29. The molecular formula is C48H44N2. The van der Waals surface area contributed by atoms with Gasteiger partial charge in [-0.2, -0.15) is 0 Å². The van der Waals surface area contributed by atoms with Crippen molar-refractivity contribution in [3.05, 3.63) is 192 Å². The van der Waals surface area contributed by atoms with E-state index in [0.29, 0.717) is 0 Å². The molecule has 0 aliphatic carbocycles. The van der Waals surface area contributed by atoms with Gasteiger partial charge in [0, 0.05) is 33.8 Å². The summed E-state index contributed by atoms with van der Waals surface area (Å²) in [5, 5.41) is 2.46. The highest BCUT2D eigenvalue weighted by Crippen LogP contribution is 2.40. The first-order valence-corrected chi connectivity index (χ1v) is 17.4. The number of rotatable bonds is 8. The Morgan fingerprint density at radius 1 is 0.420 bits per heavy atom. The second kappa shape index (κ2) is 13.9. The maximum absolute atomic E-state index is 2.37. The maximum Gasteiger partial charge on any atom is 0.0540 e. The lowest BCUT2D eigenvalue weighted by Crippen LogP contribution is -2.13. The Kier molecular flexibility index (Phi) is 9.11. The number of fused-ring (bicyclic) bond motifs is 1. The van der Waals surface area contributed by atoms with Gasteiger partial charge >= 0.3 is 0 Å². The summed E-state index contributed by atoms with van der Waals surface area (Å²) < 4.78 is 0. The van der Waals surface area contributed by atoms with Crippen LogP contribution in [-0.4, -0.2) is 0 Å². The van der Waals surface area contributed by atoms with Gasteiger partial charge < -0.3 is 9.80 Å². The molecule has 2 nitrogen and oxygen atoms in total. The molecule has 0 atom stereocenters. The van der Waals surface area contributed by atoms with Gasteiger partial charge in [0.05, 0.1) is 5.69 Å². The summed E-state index contributed by atoms with van der Waals surface area (Å²) in [5.74, 6) is 0. The van der Waals surface area contributed by atoms with Crippen LogP contribution in [0.15, 0.2) is 164 Å². The van der Waals surface area contributed by atoms with E-state index in [2.05, 4.69) is 220 Å². The van der Waals surface area contributed by atoms with Crippen molar-refractivity contribution in [1.82, 2.24) is 0 Å². The molecule has 0 unspecified atom stereocenters. The molecule has 0 heterocycles. The predicted molar refractivity (Wildman–Crippen MR) is 217 cm³/mol. The minimum atomic E-state index is 0.0958. The third kappa shape index (κ3) is 7.11. The minimum Gasteiger partial charge on any atom is -0.310 e. The van der Waals surface area contributed by atoms with Gasteiger partial charge in [0.15, 0.2) is 0 Å². The summed E-state index contributed by atoms with van der Waals surface area (Å²) in [6, 6.07) is 59.2. The van der Waals surface area contributed by atoms with Gasteiger partial charge in [-0.25, -0.2) is 0 Å². The summed E-state index contributed by atoms with van der Waals surface area (Å²) in [6.45, 7) is 11.1. The van der Waals surface area contributed by atoms with E-state index in [1.807, 2.05) is 0 Å². The van der Waals surface area contributed by atoms with Crippen LogP contribution < -0.4 is 9.80 Å². The van der Waals surface area contributed by atoms with Gasteiger partial charge in [-0.15, -0.1) is 0 Å². The first kappa shape index (κ1) is 32.7. The highest BCUT2D eigenvalue weighted by molar-refractivity contribution is 5.99. The van der Waals surface area contributed by atoms with Crippen LogP contribution in [0, 0.1) is 13.8 Å². The molecule has 0 N–H and O–H groups in total. The lowest BCUT2D eigenvalue weighted by molar-refractivity contribution is 0.590. The van der Waals surface area contributed by atoms with E-state index in [1.165, 1.54) is 33.2 Å². The molecule has 0 aromatic heterocycles. The molecule has 0 fully saturated rings. The van der Waals surface area contributed by atoms with Gasteiger partial charge in [-0.3, -0.25) is 0 Å². The highest BCUT2D eigenvalue weighted by Gasteiger charge is 2.18. The molecule has 0 radical (unpaired) electrons. The van der Waals surface area contributed by atoms with Crippen molar-refractivity contribution in [2.45, 2.75) is 40.0 Å². The van der Waals surface area contributed by atoms with Gasteiger partial charge in [-0.05, 0) is 119 Å². The van der Waals surface area contributed by atoms with E-state index in [9.17, 15) is 0 Å². The molecule has 0 saturated heterocycles. The third-order valence-electron chi connectivity index (χ3n) is 9.29. The highest BCUT2D eigenvalue weighted by atomic mass is 15.1. The van der Waals surface area contributed by atoms with Crippen molar-refractivity contribution in [2.75, 3.05) is 9.80 Å². The zero-order valence-electron chi connectivity index (χ0n) is 29.6. The van der Waals surface area contributed by atoms with Crippen molar-refractivity contribution >= 4 is 57.0 Å². The first-order chi connectivity index (χ1) is 24.2. The van der Waals surface area contributed by atoms with Crippen molar-refractivity contribution in [3.63, 3.8) is 0 Å². The van der Waals surface area contributed by atoms with Crippen molar-refractivity contribution in [1.29, 1.82) is 0 Å². The van der Waals surface area contributed by atoms with E-state index in [-0.39, 0.29) is 5.41 Å². The van der Waals surface area contributed by atoms with Crippen molar-refractivity contribution < 1.29 is 0 Å². The Bertz CT molecular complexity index is 2200. The minimum absolute atomic E-state index is 0.0958. The fourth-order valence-electron chi connectivity index (χ4n) is 6.58. The first-order valence-electron chi connectivity index (χ1n) is 17.4. The number of aryl methyl sites for hydroxylation is 2. The van der Waals surface area contributed by atoms with E-state index in [1.54, 1.807) is 0 Å². The average molecular weight is 649 g/mol. The van der Waals surface area contributed by atoms with Crippen LogP contribution in [0.3, 0.4) is 0 Å². The van der Waals surface area contributed by atoms with Crippen molar-refractivity contribution in [3.8, 4) is 0 Å². The number of benzene rings is 7. The molecule has 0 bridgehead atoms. The van der Waals surface area contributed by atoms with Crippen LogP contribution in [-0.2, 0) is 5.41 Å². The van der Waals surface area contributed by atoms with Gasteiger partial charge in [-0.1, -0.05) is 130 Å². The summed E-state index contributed by atoms with van der Waals surface area (Å²) in [6.07, 6.45) is 4.38. The second-order valence-electron chi connectivity index (χ2n) is 14.2. The molecule has 50 heavy (non-hydrogen) atoms. The van der Waals surface area contributed by atoms with Crippen molar-refractivity contribution in [2.24, 2.45) is 0 Å². The smallest absolute Gasteiger partial charge is 0.0540 e. The Balaban J connectivity index is 1.17. The van der Waals surface area contributed by atoms with Gasteiger partial charge in [0.2, 0.25) is 0 Å². The average Bonchev–Trinajstić information content (AvgIpc) is 3.12. The van der Waals surface area contributed by atoms with Gasteiger partial charge in [0.1, 0.15) is 0 Å². The molecule has 2 heteroatoms. The molecule has 7 rings (SSSR count). The molecule has 0 amide bonds. The fraction of sp³-hybridized carbons (Fsp3) is 0.125. The Morgan fingerprint density at radius 3 is 1.40 bits per heavy atom. The molecule has 0 spiro atoms. The maximum atomic E-state index is 2.37. The molecule has 0 aliphatic heterocycles. The van der Waals surface area contributed by atoms with E-state index in [4.69, 9.17) is 0 Å². The van der Waals surface area contributed by atoms with E-state index in [0.717, 1.165) is 39.6 Å². The molecular weight excluding hydrogens is 605 g/mol. The normalized spacial score (nSPS) is 11.6. The molecule has 7 aromatic rings. The monoisotopic (exact) mass is 648 g/mol. The van der Waals surface area contributed by atoms with Crippen LogP contribution in [0.2, 0.25) is 0 Å². The molecule has 246 valence electrons. The van der Waals surface area contributed by atoms with E-state index >= 15 is 0 Å². The van der Waals surface area contributed by atoms with Crippen LogP contribution in [0.5, 0.6) is 0 Å².